The Labute approximate surface area is 122 Å². The van der Waals surface area contributed by atoms with E-state index in [0.29, 0.717) is 18.0 Å². The quantitative estimate of drug-likeness (QED) is 0.786. The molecule has 5 heteroatoms. The summed E-state index contributed by atoms with van der Waals surface area (Å²) >= 11 is 12.9. The van der Waals surface area contributed by atoms with Crippen molar-refractivity contribution in [3.63, 3.8) is 0 Å². The van der Waals surface area contributed by atoms with Gasteiger partial charge in [0.2, 0.25) is 0 Å². The van der Waals surface area contributed by atoms with E-state index >= 15 is 0 Å². The van der Waals surface area contributed by atoms with Gasteiger partial charge in [0.1, 0.15) is 0 Å². The maximum Gasteiger partial charge on any atom is 0.252 e. The first-order valence-electron chi connectivity index (χ1n) is 5.45. The van der Waals surface area contributed by atoms with Gasteiger partial charge in [0.05, 0.1) is 10.9 Å². The lowest BCUT2D eigenvalue weighted by molar-refractivity contribution is 0.0952. The summed E-state index contributed by atoms with van der Waals surface area (Å²) in [6.45, 7) is 0.535. The Hall–Kier alpha value is -0.0600. The maximum absolute atomic E-state index is 11.9. The zero-order valence-corrected chi connectivity index (χ0v) is 13.0. The first-order valence-corrected chi connectivity index (χ1v) is 7.47. The van der Waals surface area contributed by atoms with Crippen molar-refractivity contribution in [2.45, 2.75) is 18.2 Å². The van der Waals surface area contributed by atoms with Gasteiger partial charge < -0.3 is 5.32 Å². The van der Waals surface area contributed by atoms with Crippen LogP contribution < -0.4 is 5.32 Å². The Bertz CT molecular complexity index is 435. The molecule has 92 valence electrons. The van der Waals surface area contributed by atoms with Gasteiger partial charge in [0.15, 0.2) is 0 Å². The summed E-state index contributed by atoms with van der Waals surface area (Å²) < 4.78 is 1.72. The van der Waals surface area contributed by atoms with Gasteiger partial charge in [-0.3, -0.25) is 4.79 Å². The van der Waals surface area contributed by atoms with Crippen LogP contribution >= 0.6 is 43.5 Å². The zero-order valence-electron chi connectivity index (χ0n) is 9.05. The van der Waals surface area contributed by atoms with E-state index in [4.69, 9.17) is 11.6 Å². The molecule has 0 bridgehead atoms. The molecular formula is C12H12Br2ClNO. The van der Waals surface area contributed by atoms with E-state index in [2.05, 4.69) is 37.2 Å². The normalized spacial score (nSPS) is 16.6. The second kappa shape index (κ2) is 5.72. The molecule has 1 aromatic rings. The largest absolute Gasteiger partial charge is 0.351 e. The Kier molecular flexibility index (Phi) is 4.50. The Morgan fingerprint density at radius 2 is 2.18 bits per heavy atom. The van der Waals surface area contributed by atoms with E-state index in [9.17, 15) is 4.79 Å². The first kappa shape index (κ1) is 13.4. The molecule has 1 unspecified atom stereocenters. The average Bonchev–Trinajstić information content (AvgIpc) is 3.09. The SMILES string of the molecule is O=C(NCC(Cl)C1CC1)c1ccc(Br)cc1Br. The topological polar surface area (TPSA) is 29.1 Å². The lowest BCUT2D eigenvalue weighted by atomic mass is 10.2. The van der Waals surface area contributed by atoms with Crippen LogP contribution in [0.15, 0.2) is 27.1 Å². The summed E-state index contributed by atoms with van der Waals surface area (Å²) in [6.07, 6.45) is 2.37. The molecule has 0 radical (unpaired) electrons. The maximum atomic E-state index is 11.9. The molecule has 2 rings (SSSR count). The molecule has 0 aliphatic heterocycles. The number of nitrogens with one attached hydrogen (secondary N) is 1. The summed E-state index contributed by atoms with van der Waals surface area (Å²) in [5.74, 6) is 0.501. The van der Waals surface area contributed by atoms with Crippen molar-refractivity contribution < 1.29 is 4.79 Å². The van der Waals surface area contributed by atoms with Crippen LogP contribution in [0, 0.1) is 5.92 Å². The van der Waals surface area contributed by atoms with Crippen molar-refractivity contribution in [3.8, 4) is 0 Å². The number of rotatable bonds is 4. The lowest BCUT2D eigenvalue weighted by Crippen LogP contribution is -2.30. The highest BCUT2D eigenvalue weighted by Gasteiger charge is 2.29. The standard InChI is InChI=1S/C12H12Br2ClNO/c13-8-3-4-9(10(14)5-8)12(17)16-6-11(15)7-1-2-7/h3-5,7,11H,1-2,6H2,(H,16,17). The molecule has 1 aliphatic rings. The van der Waals surface area contributed by atoms with Crippen molar-refractivity contribution in [3.05, 3.63) is 32.7 Å². The number of halogens is 3. The van der Waals surface area contributed by atoms with Crippen LogP contribution in [0.25, 0.3) is 0 Å². The van der Waals surface area contributed by atoms with Gasteiger partial charge in [-0.05, 0) is 52.9 Å². The van der Waals surface area contributed by atoms with Gasteiger partial charge in [-0.1, -0.05) is 15.9 Å². The molecule has 2 nitrogen and oxygen atoms in total. The highest BCUT2D eigenvalue weighted by Crippen LogP contribution is 2.35. The molecule has 0 aromatic heterocycles. The molecule has 1 aromatic carbocycles. The molecule has 1 amide bonds. The molecule has 1 aliphatic carbocycles. The molecule has 1 saturated carbocycles. The Balaban J connectivity index is 1.94. The van der Waals surface area contributed by atoms with Gasteiger partial charge in [-0.25, -0.2) is 0 Å². The molecule has 1 atom stereocenters. The van der Waals surface area contributed by atoms with Gasteiger partial charge in [-0.15, -0.1) is 11.6 Å². The van der Waals surface area contributed by atoms with Gasteiger partial charge in [-0.2, -0.15) is 0 Å². The van der Waals surface area contributed by atoms with Crippen molar-refractivity contribution in [2.24, 2.45) is 5.92 Å². The Morgan fingerprint density at radius 3 is 2.76 bits per heavy atom. The van der Waals surface area contributed by atoms with Crippen LogP contribution in [0.3, 0.4) is 0 Å². The number of hydrogen-bond acceptors (Lipinski definition) is 1. The van der Waals surface area contributed by atoms with Crippen LogP contribution in [0.5, 0.6) is 0 Å². The van der Waals surface area contributed by atoms with Crippen molar-refractivity contribution >= 4 is 49.4 Å². The molecule has 1 N–H and O–H groups in total. The smallest absolute Gasteiger partial charge is 0.252 e. The van der Waals surface area contributed by atoms with Crippen LogP contribution in [-0.2, 0) is 0 Å². The van der Waals surface area contributed by atoms with Gasteiger partial charge >= 0.3 is 0 Å². The number of carbonyl (C=O) groups is 1. The summed E-state index contributed by atoms with van der Waals surface area (Å²) in [6, 6.07) is 5.48. The van der Waals surface area contributed by atoms with Crippen LogP contribution in [0.2, 0.25) is 0 Å². The lowest BCUT2D eigenvalue weighted by Gasteiger charge is -2.10. The highest BCUT2D eigenvalue weighted by atomic mass is 79.9. The third-order valence-corrected chi connectivity index (χ3v) is 4.43. The molecule has 0 spiro atoms. The molecule has 0 saturated heterocycles. The minimum absolute atomic E-state index is 0.0631. The fourth-order valence-electron chi connectivity index (χ4n) is 1.58. The highest BCUT2D eigenvalue weighted by molar-refractivity contribution is 9.11. The van der Waals surface area contributed by atoms with Crippen molar-refractivity contribution in [2.75, 3.05) is 6.54 Å². The molecule has 0 heterocycles. The second-order valence-electron chi connectivity index (χ2n) is 4.19. The van der Waals surface area contributed by atoms with E-state index in [1.807, 2.05) is 12.1 Å². The molecule has 1 fully saturated rings. The predicted octanol–water partition coefficient (Wildman–Crippen LogP) is 3.96. The summed E-state index contributed by atoms with van der Waals surface area (Å²) in [7, 11) is 0. The van der Waals surface area contributed by atoms with E-state index in [1.54, 1.807) is 6.07 Å². The second-order valence-corrected chi connectivity index (χ2v) is 6.52. The van der Waals surface area contributed by atoms with Gasteiger partial charge in [0.25, 0.3) is 5.91 Å². The third kappa shape index (κ3) is 3.70. The summed E-state index contributed by atoms with van der Waals surface area (Å²) in [5, 5.41) is 2.93. The number of alkyl halides is 1. The van der Waals surface area contributed by atoms with Crippen LogP contribution in [0.4, 0.5) is 0 Å². The van der Waals surface area contributed by atoms with Gasteiger partial charge in [0, 0.05) is 15.5 Å². The van der Waals surface area contributed by atoms with E-state index < -0.39 is 0 Å². The van der Waals surface area contributed by atoms with E-state index in [0.717, 1.165) is 8.95 Å². The number of carbonyl (C=O) groups excluding carboxylic acids is 1. The monoisotopic (exact) mass is 379 g/mol. The zero-order chi connectivity index (χ0) is 12.4. The number of amides is 1. The minimum atomic E-state index is -0.0873. The van der Waals surface area contributed by atoms with Crippen LogP contribution in [-0.4, -0.2) is 17.8 Å². The van der Waals surface area contributed by atoms with Crippen molar-refractivity contribution in [1.82, 2.24) is 5.32 Å². The minimum Gasteiger partial charge on any atom is -0.351 e. The predicted molar refractivity (Wildman–Crippen MR) is 76.5 cm³/mol. The fourth-order valence-corrected chi connectivity index (χ4v) is 3.14. The third-order valence-electron chi connectivity index (χ3n) is 2.77. The number of benzene rings is 1. The van der Waals surface area contributed by atoms with E-state index in [1.165, 1.54) is 12.8 Å². The van der Waals surface area contributed by atoms with E-state index in [-0.39, 0.29) is 11.3 Å². The summed E-state index contributed by atoms with van der Waals surface area (Å²) in [5.41, 5.74) is 0.632. The summed E-state index contributed by atoms with van der Waals surface area (Å²) in [4.78, 5) is 11.9. The number of hydrogen-bond donors (Lipinski definition) is 1. The van der Waals surface area contributed by atoms with Crippen molar-refractivity contribution in [1.29, 1.82) is 0 Å². The first-order chi connectivity index (χ1) is 8.08. The average molecular weight is 381 g/mol. The fraction of sp³-hybridized carbons (Fsp3) is 0.417. The molecular weight excluding hydrogens is 369 g/mol. The van der Waals surface area contributed by atoms with Crippen LogP contribution in [0.1, 0.15) is 23.2 Å². The Morgan fingerprint density at radius 1 is 1.47 bits per heavy atom. The molecule has 17 heavy (non-hydrogen) atoms.